The molecule has 0 unspecified atom stereocenters. The fourth-order valence-corrected chi connectivity index (χ4v) is 1.72. The molecule has 3 N–H and O–H groups in total. The number of hydrogen-bond acceptors (Lipinski definition) is 5. The van der Waals surface area contributed by atoms with Crippen LogP contribution in [0.4, 0.5) is 11.6 Å². The molecule has 0 aliphatic heterocycles. The van der Waals surface area contributed by atoms with E-state index in [1.165, 1.54) is 0 Å². The standard InChI is InChI=1S/C12H22N4O/c1-5-10-14-11(13)9(4)12(15-10)16(6-7-17)8(2)3/h8,17H,5-7H2,1-4H3,(H2,13,14,15). The van der Waals surface area contributed by atoms with E-state index in [2.05, 4.69) is 23.8 Å². The van der Waals surface area contributed by atoms with Gasteiger partial charge in [0.1, 0.15) is 17.5 Å². The first-order valence-electron chi connectivity index (χ1n) is 6.01. The van der Waals surface area contributed by atoms with Crippen molar-refractivity contribution in [3.63, 3.8) is 0 Å². The summed E-state index contributed by atoms with van der Waals surface area (Å²) in [6.07, 6.45) is 0.753. The Kier molecular flexibility index (Phi) is 4.69. The maximum Gasteiger partial charge on any atom is 0.137 e. The SMILES string of the molecule is CCc1nc(N)c(C)c(N(CCO)C(C)C)n1. The van der Waals surface area contributed by atoms with Crippen LogP contribution in [0.5, 0.6) is 0 Å². The minimum atomic E-state index is 0.100. The smallest absolute Gasteiger partial charge is 0.137 e. The van der Waals surface area contributed by atoms with E-state index in [0.29, 0.717) is 12.4 Å². The molecule has 0 aromatic carbocycles. The first-order chi connectivity index (χ1) is 8.01. The van der Waals surface area contributed by atoms with Crippen LogP contribution in [0, 0.1) is 6.92 Å². The van der Waals surface area contributed by atoms with E-state index in [9.17, 15) is 0 Å². The second kappa shape index (κ2) is 5.82. The van der Waals surface area contributed by atoms with Crippen molar-refractivity contribution in [3.8, 4) is 0 Å². The van der Waals surface area contributed by atoms with Crippen LogP contribution in [-0.4, -0.2) is 34.3 Å². The molecule has 0 radical (unpaired) electrons. The summed E-state index contributed by atoms with van der Waals surface area (Å²) in [7, 11) is 0. The molecule has 0 spiro atoms. The summed E-state index contributed by atoms with van der Waals surface area (Å²) < 4.78 is 0. The molecule has 5 heteroatoms. The number of anilines is 2. The molecular weight excluding hydrogens is 216 g/mol. The average molecular weight is 238 g/mol. The average Bonchev–Trinajstić information content (AvgIpc) is 2.29. The first kappa shape index (κ1) is 13.7. The van der Waals surface area contributed by atoms with Gasteiger partial charge in [0.25, 0.3) is 0 Å². The van der Waals surface area contributed by atoms with Crippen LogP contribution < -0.4 is 10.6 Å². The van der Waals surface area contributed by atoms with Crippen molar-refractivity contribution in [3.05, 3.63) is 11.4 Å². The molecule has 0 saturated heterocycles. The normalized spacial score (nSPS) is 10.9. The molecule has 1 rings (SSSR count). The zero-order valence-electron chi connectivity index (χ0n) is 11.1. The van der Waals surface area contributed by atoms with Gasteiger partial charge in [0.2, 0.25) is 0 Å². The van der Waals surface area contributed by atoms with Gasteiger partial charge in [0, 0.05) is 24.6 Å². The van der Waals surface area contributed by atoms with Crippen molar-refractivity contribution in [2.24, 2.45) is 0 Å². The number of nitrogen functional groups attached to an aromatic ring is 1. The number of nitrogens with zero attached hydrogens (tertiary/aromatic N) is 3. The number of aryl methyl sites for hydroxylation is 1. The molecule has 0 fully saturated rings. The number of aromatic nitrogens is 2. The number of aliphatic hydroxyl groups excluding tert-OH is 1. The van der Waals surface area contributed by atoms with Gasteiger partial charge in [-0.25, -0.2) is 9.97 Å². The highest BCUT2D eigenvalue weighted by atomic mass is 16.3. The Hall–Kier alpha value is -1.36. The maximum atomic E-state index is 9.12. The summed E-state index contributed by atoms with van der Waals surface area (Å²) in [6.45, 7) is 8.70. The maximum absolute atomic E-state index is 9.12. The van der Waals surface area contributed by atoms with Crippen LogP contribution in [0.1, 0.15) is 32.2 Å². The van der Waals surface area contributed by atoms with Gasteiger partial charge in [0.05, 0.1) is 6.61 Å². The molecule has 0 saturated carbocycles. The number of rotatable bonds is 5. The summed E-state index contributed by atoms with van der Waals surface area (Å²) in [5.74, 6) is 2.10. The molecule has 0 amide bonds. The fraction of sp³-hybridized carbons (Fsp3) is 0.667. The van der Waals surface area contributed by atoms with Crippen LogP contribution in [0.3, 0.4) is 0 Å². The lowest BCUT2D eigenvalue weighted by molar-refractivity contribution is 0.298. The van der Waals surface area contributed by atoms with Gasteiger partial charge in [-0.1, -0.05) is 6.92 Å². The van der Waals surface area contributed by atoms with Crippen molar-refractivity contribution >= 4 is 11.6 Å². The van der Waals surface area contributed by atoms with Gasteiger partial charge in [-0.15, -0.1) is 0 Å². The van der Waals surface area contributed by atoms with Gasteiger partial charge >= 0.3 is 0 Å². The minimum absolute atomic E-state index is 0.100. The van der Waals surface area contributed by atoms with Crippen LogP contribution in [0.25, 0.3) is 0 Å². The largest absolute Gasteiger partial charge is 0.395 e. The lowest BCUT2D eigenvalue weighted by Gasteiger charge is -2.29. The highest BCUT2D eigenvalue weighted by Gasteiger charge is 2.17. The predicted molar refractivity (Wildman–Crippen MR) is 70.1 cm³/mol. The fourth-order valence-electron chi connectivity index (χ4n) is 1.72. The van der Waals surface area contributed by atoms with Crippen molar-refractivity contribution < 1.29 is 5.11 Å². The molecule has 5 nitrogen and oxygen atoms in total. The van der Waals surface area contributed by atoms with Gasteiger partial charge in [-0.3, -0.25) is 0 Å². The van der Waals surface area contributed by atoms with Gasteiger partial charge < -0.3 is 15.7 Å². The molecule has 0 bridgehead atoms. The second-order valence-electron chi connectivity index (χ2n) is 4.34. The van der Waals surface area contributed by atoms with Crippen LogP contribution >= 0.6 is 0 Å². The number of nitrogens with two attached hydrogens (primary N) is 1. The summed E-state index contributed by atoms with van der Waals surface area (Å²) in [4.78, 5) is 10.8. The lowest BCUT2D eigenvalue weighted by Crippen LogP contribution is -2.35. The Balaban J connectivity index is 3.21. The third-order valence-corrected chi connectivity index (χ3v) is 2.76. The van der Waals surface area contributed by atoms with Gasteiger partial charge in [0.15, 0.2) is 0 Å². The Morgan fingerprint density at radius 3 is 2.47 bits per heavy atom. The van der Waals surface area contributed by atoms with Gasteiger partial charge in [-0.05, 0) is 20.8 Å². The second-order valence-corrected chi connectivity index (χ2v) is 4.34. The molecule has 0 atom stereocenters. The van der Waals surface area contributed by atoms with E-state index in [0.717, 1.165) is 23.6 Å². The summed E-state index contributed by atoms with van der Waals surface area (Å²) >= 11 is 0. The van der Waals surface area contributed by atoms with E-state index in [1.807, 2.05) is 18.7 Å². The van der Waals surface area contributed by atoms with Crippen molar-refractivity contribution in [2.45, 2.75) is 40.2 Å². The van der Waals surface area contributed by atoms with E-state index in [4.69, 9.17) is 10.8 Å². The van der Waals surface area contributed by atoms with E-state index in [1.54, 1.807) is 0 Å². The Morgan fingerprint density at radius 2 is 2.00 bits per heavy atom. The Labute approximate surface area is 103 Å². The van der Waals surface area contributed by atoms with Crippen LogP contribution in [0.2, 0.25) is 0 Å². The van der Waals surface area contributed by atoms with Crippen molar-refractivity contribution in [1.82, 2.24) is 9.97 Å². The minimum Gasteiger partial charge on any atom is -0.395 e. The molecule has 1 aromatic rings. The molecule has 0 aliphatic carbocycles. The number of aliphatic hydroxyl groups is 1. The highest BCUT2D eigenvalue weighted by molar-refractivity contribution is 5.56. The topological polar surface area (TPSA) is 75.3 Å². The third-order valence-electron chi connectivity index (χ3n) is 2.76. The van der Waals surface area contributed by atoms with Crippen molar-refractivity contribution in [2.75, 3.05) is 23.8 Å². The number of hydrogen-bond donors (Lipinski definition) is 2. The zero-order chi connectivity index (χ0) is 13.0. The highest BCUT2D eigenvalue weighted by Crippen LogP contribution is 2.23. The van der Waals surface area contributed by atoms with E-state index < -0.39 is 0 Å². The molecular formula is C12H22N4O. The molecule has 1 aromatic heterocycles. The Bertz CT molecular complexity index is 379. The lowest BCUT2D eigenvalue weighted by atomic mass is 10.2. The van der Waals surface area contributed by atoms with Crippen LogP contribution in [0.15, 0.2) is 0 Å². The molecule has 17 heavy (non-hydrogen) atoms. The zero-order valence-corrected chi connectivity index (χ0v) is 11.1. The van der Waals surface area contributed by atoms with E-state index in [-0.39, 0.29) is 12.6 Å². The summed E-state index contributed by atoms with van der Waals surface area (Å²) in [5, 5.41) is 9.12. The van der Waals surface area contributed by atoms with E-state index >= 15 is 0 Å². The van der Waals surface area contributed by atoms with Gasteiger partial charge in [-0.2, -0.15) is 0 Å². The van der Waals surface area contributed by atoms with Crippen molar-refractivity contribution in [1.29, 1.82) is 0 Å². The monoisotopic (exact) mass is 238 g/mol. The summed E-state index contributed by atoms with van der Waals surface area (Å²) in [6, 6.07) is 0.264. The molecule has 0 aliphatic rings. The third kappa shape index (κ3) is 3.06. The Morgan fingerprint density at radius 1 is 1.35 bits per heavy atom. The first-order valence-corrected chi connectivity index (χ1v) is 6.01. The van der Waals surface area contributed by atoms with Crippen LogP contribution in [-0.2, 0) is 6.42 Å². The quantitative estimate of drug-likeness (QED) is 0.804. The summed E-state index contributed by atoms with van der Waals surface area (Å²) in [5.41, 5.74) is 6.77. The predicted octanol–water partition coefficient (Wildman–Crippen LogP) is 1.14. The molecule has 96 valence electrons. The molecule has 1 heterocycles.